The van der Waals surface area contributed by atoms with E-state index in [1.807, 2.05) is 6.07 Å². The fraction of sp³-hybridized carbons (Fsp3) is 0. The second-order valence-corrected chi connectivity index (χ2v) is 4.54. The van der Waals surface area contributed by atoms with Gasteiger partial charge in [-0.1, -0.05) is 23.7 Å². The van der Waals surface area contributed by atoms with Gasteiger partial charge in [-0.2, -0.15) is 0 Å². The van der Waals surface area contributed by atoms with Crippen molar-refractivity contribution in [2.24, 2.45) is 4.99 Å². The van der Waals surface area contributed by atoms with Crippen LogP contribution in [0.3, 0.4) is 0 Å². The van der Waals surface area contributed by atoms with Crippen molar-refractivity contribution in [2.75, 3.05) is 0 Å². The van der Waals surface area contributed by atoms with E-state index >= 15 is 0 Å². The number of esters is 1. The molecule has 0 aliphatic carbocycles. The van der Waals surface area contributed by atoms with Gasteiger partial charge in [-0.15, -0.1) is 0 Å². The van der Waals surface area contributed by atoms with Crippen LogP contribution in [0.2, 0.25) is 5.02 Å². The summed E-state index contributed by atoms with van der Waals surface area (Å²) in [4.78, 5) is 20.1. The summed E-state index contributed by atoms with van der Waals surface area (Å²) in [6, 6.07) is 12.4. The molecule has 0 radical (unpaired) electrons. The van der Waals surface area contributed by atoms with Gasteiger partial charge in [0.25, 0.3) is 0 Å². The largest absolute Gasteiger partial charge is 0.402 e. The van der Waals surface area contributed by atoms with Gasteiger partial charge in [-0.05, 0) is 36.4 Å². The van der Waals surface area contributed by atoms with E-state index in [9.17, 15) is 4.79 Å². The summed E-state index contributed by atoms with van der Waals surface area (Å²) in [5.41, 5.74) is 1.53. The third kappa shape index (κ3) is 2.60. The molecule has 0 saturated heterocycles. The van der Waals surface area contributed by atoms with E-state index in [-0.39, 0.29) is 11.6 Å². The number of ether oxygens (including phenoxy) is 1. The lowest BCUT2D eigenvalue weighted by Crippen LogP contribution is -2.05. The number of halogens is 1. The molecule has 0 spiro atoms. The summed E-state index contributed by atoms with van der Waals surface area (Å²) in [5.74, 6) is -0.245. The van der Waals surface area contributed by atoms with Crippen LogP contribution in [0.4, 0.5) is 0 Å². The molecule has 4 nitrogen and oxygen atoms in total. The highest BCUT2D eigenvalue weighted by Crippen LogP contribution is 2.20. The molecule has 2 heterocycles. The zero-order chi connectivity index (χ0) is 13.9. The summed E-state index contributed by atoms with van der Waals surface area (Å²) in [6.45, 7) is 0. The molecule has 20 heavy (non-hydrogen) atoms. The maximum atomic E-state index is 11.8. The number of benzene rings is 1. The molecule has 0 amide bonds. The lowest BCUT2D eigenvalue weighted by molar-refractivity contribution is -0.129. The molecule has 0 N–H and O–H groups in total. The highest BCUT2D eigenvalue weighted by Gasteiger charge is 2.24. The maximum Gasteiger partial charge on any atom is 0.363 e. The molecule has 3 rings (SSSR count). The molecule has 2 aromatic rings. The number of aromatic nitrogens is 1. The van der Waals surface area contributed by atoms with Gasteiger partial charge in [-0.25, -0.2) is 9.79 Å². The Morgan fingerprint density at radius 1 is 1.15 bits per heavy atom. The zero-order valence-corrected chi connectivity index (χ0v) is 11.0. The van der Waals surface area contributed by atoms with Gasteiger partial charge in [0.15, 0.2) is 5.70 Å². The number of nitrogens with zero attached hydrogens (tertiary/aromatic N) is 2. The molecule has 1 aromatic heterocycles. The smallest absolute Gasteiger partial charge is 0.363 e. The van der Waals surface area contributed by atoms with Crippen molar-refractivity contribution in [3.63, 3.8) is 0 Å². The monoisotopic (exact) mass is 284 g/mol. The van der Waals surface area contributed by atoms with E-state index in [2.05, 4.69) is 9.98 Å². The number of carbonyl (C=O) groups excluding carboxylic acids is 1. The molecule has 0 fully saturated rings. The van der Waals surface area contributed by atoms with Crippen molar-refractivity contribution in [2.45, 2.75) is 0 Å². The van der Waals surface area contributed by atoms with E-state index < -0.39 is 5.97 Å². The lowest BCUT2D eigenvalue weighted by Gasteiger charge is -1.98. The highest BCUT2D eigenvalue weighted by molar-refractivity contribution is 6.31. The molecule has 0 unspecified atom stereocenters. The second kappa shape index (κ2) is 5.27. The van der Waals surface area contributed by atoms with Crippen LogP contribution < -0.4 is 0 Å². The van der Waals surface area contributed by atoms with Crippen molar-refractivity contribution >= 4 is 29.5 Å². The Labute approximate surface area is 120 Å². The third-order valence-corrected chi connectivity index (χ3v) is 2.90. The second-order valence-electron chi connectivity index (χ2n) is 4.10. The Morgan fingerprint density at radius 2 is 2.05 bits per heavy atom. The number of carbonyl (C=O) groups is 1. The molecule has 1 aromatic carbocycles. The van der Waals surface area contributed by atoms with Gasteiger partial charge in [-0.3, -0.25) is 4.98 Å². The van der Waals surface area contributed by atoms with Crippen molar-refractivity contribution in [1.82, 2.24) is 4.98 Å². The molecule has 0 atom stereocenters. The molecule has 98 valence electrons. The fourth-order valence-electron chi connectivity index (χ4n) is 1.76. The Morgan fingerprint density at radius 3 is 2.80 bits per heavy atom. The van der Waals surface area contributed by atoms with Crippen LogP contribution in [0.5, 0.6) is 0 Å². The van der Waals surface area contributed by atoms with Gasteiger partial charge in [0, 0.05) is 16.8 Å². The Bertz CT molecular complexity index is 724. The average molecular weight is 285 g/mol. The predicted octanol–water partition coefficient (Wildman–Crippen LogP) is 3.08. The molecule has 1 aliphatic rings. The molecule has 1 aliphatic heterocycles. The van der Waals surface area contributed by atoms with Crippen molar-refractivity contribution < 1.29 is 9.53 Å². The molecule has 0 bridgehead atoms. The number of rotatable bonds is 2. The maximum absolute atomic E-state index is 11.8. The Hall–Kier alpha value is -2.46. The predicted molar refractivity (Wildman–Crippen MR) is 76.3 cm³/mol. The zero-order valence-electron chi connectivity index (χ0n) is 10.3. The summed E-state index contributed by atoms with van der Waals surface area (Å²) in [7, 11) is 0. The standard InChI is InChI=1S/C15H9ClN2O2/c16-11-5-3-4-10(8-11)14-18-13(15(19)20-14)9-12-6-1-2-7-17-12/h1-9H/b13-9+. The number of pyridine rings is 1. The molecule has 5 heteroatoms. The number of aliphatic imine (C=N–C) groups is 1. The number of hydrogen-bond acceptors (Lipinski definition) is 4. The van der Waals surface area contributed by atoms with Gasteiger partial charge in [0.05, 0.1) is 5.69 Å². The van der Waals surface area contributed by atoms with Crippen molar-refractivity contribution in [3.05, 3.63) is 70.6 Å². The first-order valence-electron chi connectivity index (χ1n) is 5.92. The minimum absolute atomic E-state index is 0.221. The van der Waals surface area contributed by atoms with Gasteiger partial charge in [0.1, 0.15) is 0 Å². The van der Waals surface area contributed by atoms with E-state index in [0.717, 1.165) is 0 Å². The minimum atomic E-state index is -0.495. The van der Waals surface area contributed by atoms with Crippen LogP contribution in [-0.4, -0.2) is 16.9 Å². The summed E-state index contributed by atoms with van der Waals surface area (Å²) in [5, 5.41) is 0.559. The summed E-state index contributed by atoms with van der Waals surface area (Å²) >= 11 is 5.91. The van der Waals surface area contributed by atoms with Crippen LogP contribution in [0.25, 0.3) is 6.08 Å². The first-order valence-corrected chi connectivity index (χ1v) is 6.30. The average Bonchev–Trinajstić information content (AvgIpc) is 2.81. The van der Waals surface area contributed by atoms with E-state index in [1.165, 1.54) is 0 Å². The minimum Gasteiger partial charge on any atom is -0.402 e. The van der Waals surface area contributed by atoms with Gasteiger partial charge < -0.3 is 4.74 Å². The quantitative estimate of drug-likeness (QED) is 0.629. The van der Waals surface area contributed by atoms with Crippen LogP contribution in [0.1, 0.15) is 11.3 Å². The van der Waals surface area contributed by atoms with Crippen LogP contribution >= 0.6 is 11.6 Å². The Balaban J connectivity index is 1.95. The molecular formula is C15H9ClN2O2. The van der Waals surface area contributed by atoms with E-state index in [1.54, 1.807) is 48.7 Å². The highest BCUT2D eigenvalue weighted by atomic mass is 35.5. The summed E-state index contributed by atoms with van der Waals surface area (Å²) < 4.78 is 5.14. The first-order chi connectivity index (χ1) is 9.72. The summed E-state index contributed by atoms with van der Waals surface area (Å²) in [6.07, 6.45) is 3.23. The third-order valence-electron chi connectivity index (χ3n) is 2.66. The molecule has 0 saturated carbocycles. The van der Waals surface area contributed by atoms with Crippen LogP contribution in [0, 0.1) is 0 Å². The van der Waals surface area contributed by atoms with E-state index in [0.29, 0.717) is 16.3 Å². The fourth-order valence-corrected chi connectivity index (χ4v) is 1.95. The first kappa shape index (κ1) is 12.6. The topological polar surface area (TPSA) is 51.5 Å². The van der Waals surface area contributed by atoms with Crippen molar-refractivity contribution in [3.8, 4) is 0 Å². The molecular weight excluding hydrogens is 276 g/mol. The van der Waals surface area contributed by atoms with Gasteiger partial charge >= 0.3 is 5.97 Å². The van der Waals surface area contributed by atoms with Crippen LogP contribution in [-0.2, 0) is 9.53 Å². The Kier molecular flexibility index (Phi) is 3.31. The van der Waals surface area contributed by atoms with Crippen molar-refractivity contribution in [1.29, 1.82) is 0 Å². The lowest BCUT2D eigenvalue weighted by atomic mass is 10.2. The number of cyclic esters (lactones) is 1. The van der Waals surface area contributed by atoms with Gasteiger partial charge in [0.2, 0.25) is 5.90 Å². The van der Waals surface area contributed by atoms with E-state index in [4.69, 9.17) is 16.3 Å². The van der Waals surface area contributed by atoms with Crippen LogP contribution in [0.15, 0.2) is 59.4 Å². The number of hydrogen-bond donors (Lipinski definition) is 0. The SMILES string of the molecule is O=C1OC(c2cccc(Cl)c2)=N/C1=C/c1ccccn1. The normalized spacial score (nSPS) is 16.1.